The van der Waals surface area contributed by atoms with Crippen LogP contribution in [0.3, 0.4) is 0 Å². The first kappa shape index (κ1) is 21.4. The summed E-state index contributed by atoms with van der Waals surface area (Å²) in [6.45, 7) is 4.42. The molecule has 1 heterocycles. The zero-order chi connectivity index (χ0) is 21.7. The minimum Gasteiger partial charge on any atom is -0.504 e. The highest BCUT2D eigenvalue weighted by atomic mass is 32.2. The smallest absolute Gasteiger partial charge is 0.338 e. The maximum atomic E-state index is 12.8. The highest BCUT2D eigenvalue weighted by Gasteiger charge is 2.32. The van der Waals surface area contributed by atoms with Gasteiger partial charge < -0.3 is 14.6 Å². The van der Waals surface area contributed by atoms with E-state index in [1.807, 2.05) is 6.92 Å². The second-order valence-electron chi connectivity index (χ2n) is 6.25. The second-order valence-corrected chi connectivity index (χ2v) is 7.26. The van der Waals surface area contributed by atoms with Crippen molar-refractivity contribution in [2.24, 2.45) is 4.99 Å². The number of methoxy groups -OCH3 is 1. The highest BCUT2D eigenvalue weighted by molar-refractivity contribution is 8.18. The standard InChI is InChI=1S/C22H22N2O5S/c1-4-24-20(26)19(13-14-6-11-17(25)18(12-14)28-3)30-22(24)23-16-9-7-15(8-10-16)21(27)29-5-2/h6-13,25H,4-5H2,1-3H3/b19-13+,23-22?. The van der Waals surface area contributed by atoms with Gasteiger partial charge in [0.15, 0.2) is 16.7 Å². The number of carbonyl (C=O) groups is 2. The first-order valence-corrected chi connectivity index (χ1v) is 10.2. The lowest BCUT2D eigenvalue weighted by atomic mass is 10.2. The molecule has 1 amide bonds. The molecule has 2 aromatic rings. The summed E-state index contributed by atoms with van der Waals surface area (Å²) in [5.74, 6) is -0.153. The number of aliphatic imine (C=N–C) groups is 1. The van der Waals surface area contributed by atoms with E-state index in [2.05, 4.69) is 4.99 Å². The van der Waals surface area contributed by atoms with Crippen molar-refractivity contribution in [1.82, 2.24) is 4.90 Å². The number of esters is 1. The molecule has 30 heavy (non-hydrogen) atoms. The number of benzene rings is 2. The zero-order valence-corrected chi connectivity index (χ0v) is 17.7. The predicted molar refractivity (Wildman–Crippen MR) is 117 cm³/mol. The molecule has 0 unspecified atom stereocenters. The Kier molecular flexibility index (Phi) is 6.79. The lowest BCUT2D eigenvalue weighted by molar-refractivity contribution is -0.122. The molecule has 1 fully saturated rings. The van der Waals surface area contributed by atoms with E-state index in [4.69, 9.17) is 9.47 Å². The van der Waals surface area contributed by atoms with E-state index in [1.54, 1.807) is 54.3 Å². The van der Waals surface area contributed by atoms with Crippen LogP contribution in [0.2, 0.25) is 0 Å². The lowest BCUT2D eigenvalue weighted by Crippen LogP contribution is -2.28. The Hall–Kier alpha value is -3.26. The van der Waals surface area contributed by atoms with Gasteiger partial charge in [-0.3, -0.25) is 9.69 Å². The number of nitrogens with zero attached hydrogens (tertiary/aromatic N) is 2. The normalized spacial score (nSPS) is 16.4. The topological polar surface area (TPSA) is 88.4 Å². The van der Waals surface area contributed by atoms with E-state index in [1.165, 1.54) is 24.9 Å². The van der Waals surface area contributed by atoms with Gasteiger partial charge >= 0.3 is 5.97 Å². The summed E-state index contributed by atoms with van der Waals surface area (Å²) in [5.41, 5.74) is 1.81. The van der Waals surface area contributed by atoms with Gasteiger partial charge in [-0.25, -0.2) is 9.79 Å². The number of likely N-dealkylation sites (N-methyl/N-ethyl adjacent to an activating group) is 1. The van der Waals surface area contributed by atoms with E-state index in [0.717, 1.165) is 5.56 Å². The number of phenols is 1. The van der Waals surface area contributed by atoms with Crippen molar-refractivity contribution in [2.45, 2.75) is 13.8 Å². The van der Waals surface area contributed by atoms with Gasteiger partial charge in [0.2, 0.25) is 0 Å². The molecule has 0 saturated carbocycles. The Balaban J connectivity index is 1.86. The fourth-order valence-corrected chi connectivity index (χ4v) is 3.86. The summed E-state index contributed by atoms with van der Waals surface area (Å²) in [6, 6.07) is 11.6. The number of hydrogen-bond acceptors (Lipinski definition) is 7. The van der Waals surface area contributed by atoms with Crippen molar-refractivity contribution in [3.8, 4) is 11.5 Å². The summed E-state index contributed by atoms with van der Waals surface area (Å²) in [4.78, 5) is 31.3. The maximum absolute atomic E-state index is 12.8. The number of carbonyl (C=O) groups excluding carboxylic acids is 2. The molecule has 7 nitrogen and oxygen atoms in total. The first-order chi connectivity index (χ1) is 14.5. The van der Waals surface area contributed by atoms with Crippen LogP contribution in [-0.2, 0) is 9.53 Å². The molecule has 1 saturated heterocycles. The molecule has 0 radical (unpaired) electrons. The maximum Gasteiger partial charge on any atom is 0.338 e. The SMILES string of the molecule is CCOC(=O)c1ccc(N=C2S/C(=C/c3ccc(O)c(OC)c3)C(=O)N2CC)cc1. The summed E-state index contributed by atoms with van der Waals surface area (Å²) in [7, 11) is 1.47. The van der Waals surface area contributed by atoms with Gasteiger partial charge in [-0.2, -0.15) is 0 Å². The third-order valence-corrected chi connectivity index (χ3v) is 5.32. The summed E-state index contributed by atoms with van der Waals surface area (Å²) in [5, 5.41) is 10.3. The van der Waals surface area contributed by atoms with Crippen LogP contribution in [0.5, 0.6) is 11.5 Å². The van der Waals surface area contributed by atoms with Gasteiger partial charge in [0, 0.05) is 6.54 Å². The quantitative estimate of drug-likeness (QED) is 0.550. The van der Waals surface area contributed by atoms with Gasteiger partial charge in [0.05, 0.1) is 29.9 Å². The van der Waals surface area contributed by atoms with Gasteiger partial charge in [-0.05, 0) is 73.6 Å². The molecule has 2 aromatic carbocycles. The second kappa shape index (κ2) is 9.49. The third kappa shape index (κ3) is 4.65. The van der Waals surface area contributed by atoms with Gasteiger partial charge in [0.1, 0.15) is 0 Å². The number of phenolic OH excluding ortho intramolecular Hbond substituents is 1. The van der Waals surface area contributed by atoms with Crippen molar-refractivity contribution >= 4 is 40.6 Å². The van der Waals surface area contributed by atoms with E-state index in [9.17, 15) is 14.7 Å². The van der Waals surface area contributed by atoms with E-state index in [0.29, 0.717) is 40.2 Å². The number of aromatic hydroxyl groups is 1. The highest BCUT2D eigenvalue weighted by Crippen LogP contribution is 2.35. The van der Waals surface area contributed by atoms with Gasteiger partial charge in [-0.15, -0.1) is 0 Å². The molecule has 0 aliphatic carbocycles. The van der Waals surface area contributed by atoms with Crippen molar-refractivity contribution in [2.75, 3.05) is 20.3 Å². The Morgan fingerprint density at radius 3 is 2.57 bits per heavy atom. The fourth-order valence-electron chi connectivity index (χ4n) is 2.80. The van der Waals surface area contributed by atoms with E-state index in [-0.39, 0.29) is 17.6 Å². The van der Waals surface area contributed by atoms with Crippen molar-refractivity contribution in [1.29, 1.82) is 0 Å². The predicted octanol–water partition coefficient (Wildman–Crippen LogP) is 4.20. The molecule has 1 aliphatic heterocycles. The first-order valence-electron chi connectivity index (χ1n) is 9.41. The third-order valence-electron chi connectivity index (χ3n) is 4.31. The largest absolute Gasteiger partial charge is 0.504 e. The molecule has 0 bridgehead atoms. The van der Waals surface area contributed by atoms with Crippen LogP contribution in [0.1, 0.15) is 29.8 Å². The summed E-state index contributed by atoms with van der Waals surface area (Å²) >= 11 is 1.27. The van der Waals surface area contributed by atoms with Crippen LogP contribution in [-0.4, -0.2) is 47.3 Å². The average molecular weight is 426 g/mol. The number of amidine groups is 1. The molecule has 8 heteroatoms. The molecule has 1 N–H and O–H groups in total. The zero-order valence-electron chi connectivity index (χ0n) is 16.9. The van der Waals surface area contributed by atoms with Crippen LogP contribution in [0.25, 0.3) is 6.08 Å². The monoisotopic (exact) mass is 426 g/mol. The van der Waals surface area contributed by atoms with Crippen LogP contribution in [0, 0.1) is 0 Å². The summed E-state index contributed by atoms with van der Waals surface area (Å²) < 4.78 is 10.1. The number of rotatable bonds is 6. The number of thioether (sulfide) groups is 1. The molecule has 3 rings (SSSR count). The molecule has 0 atom stereocenters. The van der Waals surface area contributed by atoms with E-state index >= 15 is 0 Å². The lowest BCUT2D eigenvalue weighted by Gasteiger charge is -2.12. The number of hydrogen-bond donors (Lipinski definition) is 1. The number of amides is 1. The van der Waals surface area contributed by atoms with Crippen LogP contribution >= 0.6 is 11.8 Å². The molecular formula is C22H22N2O5S. The van der Waals surface area contributed by atoms with Gasteiger partial charge in [-0.1, -0.05) is 6.07 Å². The van der Waals surface area contributed by atoms with Gasteiger partial charge in [0.25, 0.3) is 5.91 Å². The Morgan fingerprint density at radius 1 is 1.20 bits per heavy atom. The minimum absolute atomic E-state index is 0.0359. The molecular weight excluding hydrogens is 404 g/mol. The molecule has 156 valence electrons. The number of ether oxygens (including phenoxy) is 2. The molecule has 1 aliphatic rings. The van der Waals surface area contributed by atoms with Crippen LogP contribution in [0.15, 0.2) is 52.4 Å². The average Bonchev–Trinajstić information content (AvgIpc) is 3.04. The molecule has 0 aromatic heterocycles. The van der Waals surface area contributed by atoms with E-state index < -0.39 is 0 Å². The Labute approximate surface area is 179 Å². The Morgan fingerprint density at radius 2 is 1.93 bits per heavy atom. The minimum atomic E-state index is -0.383. The molecule has 0 spiro atoms. The Bertz CT molecular complexity index is 1010. The summed E-state index contributed by atoms with van der Waals surface area (Å²) in [6.07, 6.45) is 1.74. The van der Waals surface area contributed by atoms with Crippen LogP contribution < -0.4 is 4.74 Å². The van der Waals surface area contributed by atoms with Crippen molar-refractivity contribution < 1.29 is 24.2 Å². The van der Waals surface area contributed by atoms with Crippen LogP contribution in [0.4, 0.5) is 5.69 Å². The van der Waals surface area contributed by atoms with Crippen molar-refractivity contribution in [3.63, 3.8) is 0 Å². The fraction of sp³-hybridized carbons (Fsp3) is 0.227. The van der Waals surface area contributed by atoms with Crippen molar-refractivity contribution in [3.05, 3.63) is 58.5 Å².